The number of aromatic nitrogens is 3. The molecule has 6 heteroatoms. The Morgan fingerprint density at radius 1 is 0.714 bits per heavy atom. The molecular weight excluding hydrogens is 498 g/mol. The van der Waals surface area contributed by atoms with E-state index in [-0.39, 0.29) is 17.0 Å². The third-order valence-electron chi connectivity index (χ3n) is 6.47. The zero-order chi connectivity index (χ0) is 23.0. The maximum absolute atomic E-state index is 4.80. The van der Waals surface area contributed by atoms with Crippen molar-refractivity contribution in [2.24, 2.45) is 0 Å². The zero-order valence-electron chi connectivity index (χ0n) is 19.9. The van der Waals surface area contributed by atoms with Crippen LogP contribution in [0.2, 0.25) is 0 Å². The van der Waals surface area contributed by atoms with Crippen molar-refractivity contribution >= 4 is 17.0 Å². The molecule has 5 rings (SSSR count). The van der Waals surface area contributed by atoms with Crippen molar-refractivity contribution in [1.29, 1.82) is 0 Å². The second-order valence-corrected chi connectivity index (χ2v) is 8.92. The molecule has 180 valence electrons. The van der Waals surface area contributed by atoms with Crippen molar-refractivity contribution in [2.45, 2.75) is 51.5 Å². The molecule has 0 saturated heterocycles. The minimum atomic E-state index is 0. The lowest BCUT2D eigenvalue weighted by atomic mass is 9.90. The fourth-order valence-corrected chi connectivity index (χ4v) is 4.75. The van der Waals surface area contributed by atoms with Crippen molar-refractivity contribution < 1.29 is 0 Å². The van der Waals surface area contributed by atoms with Gasteiger partial charge in [0.15, 0.2) is 0 Å². The Labute approximate surface area is 218 Å². The molecular formula is C29H32BrN5. The van der Waals surface area contributed by atoms with E-state index in [0.29, 0.717) is 6.04 Å². The van der Waals surface area contributed by atoms with Crippen LogP contribution < -0.4 is 5.32 Å². The van der Waals surface area contributed by atoms with Crippen LogP contribution in [0.3, 0.4) is 0 Å². The van der Waals surface area contributed by atoms with Crippen LogP contribution in [0.4, 0.5) is 0 Å². The fourth-order valence-electron chi connectivity index (χ4n) is 4.75. The molecule has 3 heterocycles. The van der Waals surface area contributed by atoms with Crippen LogP contribution in [0.25, 0.3) is 0 Å². The van der Waals surface area contributed by atoms with Gasteiger partial charge in [0.2, 0.25) is 0 Å². The zero-order valence-corrected chi connectivity index (χ0v) is 21.6. The van der Waals surface area contributed by atoms with E-state index in [4.69, 9.17) is 4.98 Å². The molecule has 0 bridgehead atoms. The van der Waals surface area contributed by atoms with Crippen LogP contribution >= 0.6 is 17.0 Å². The summed E-state index contributed by atoms with van der Waals surface area (Å²) in [6.07, 6.45) is 9.10. The Hall–Kier alpha value is -2.93. The van der Waals surface area contributed by atoms with E-state index in [2.05, 4.69) is 68.7 Å². The van der Waals surface area contributed by atoms with E-state index in [1.165, 1.54) is 28.8 Å². The normalized spacial score (nSPS) is 14.8. The first-order valence-electron chi connectivity index (χ1n) is 12.1. The van der Waals surface area contributed by atoms with Crippen LogP contribution in [0, 0.1) is 0 Å². The van der Waals surface area contributed by atoms with Gasteiger partial charge in [-0.2, -0.15) is 0 Å². The molecule has 0 aliphatic heterocycles. The molecule has 5 nitrogen and oxygen atoms in total. The summed E-state index contributed by atoms with van der Waals surface area (Å²) in [6, 6.07) is 25.8. The van der Waals surface area contributed by atoms with E-state index >= 15 is 0 Å². The summed E-state index contributed by atoms with van der Waals surface area (Å²) in [5.41, 5.74) is 7.37. The third-order valence-corrected chi connectivity index (χ3v) is 6.47. The van der Waals surface area contributed by atoms with Crippen LogP contribution in [-0.2, 0) is 32.6 Å². The number of hydrogen-bond donors (Lipinski definition) is 1. The summed E-state index contributed by atoms with van der Waals surface area (Å²) in [7, 11) is 0. The largest absolute Gasteiger partial charge is 0.307 e. The van der Waals surface area contributed by atoms with Gasteiger partial charge in [-0.15, -0.1) is 17.0 Å². The molecule has 1 atom stereocenters. The maximum atomic E-state index is 4.80. The van der Waals surface area contributed by atoms with E-state index in [9.17, 15) is 0 Å². The molecule has 0 saturated carbocycles. The molecule has 0 fully saturated rings. The molecule has 1 unspecified atom stereocenters. The van der Waals surface area contributed by atoms with Crippen molar-refractivity contribution in [3.63, 3.8) is 0 Å². The molecule has 1 N–H and O–H groups in total. The molecule has 0 spiro atoms. The van der Waals surface area contributed by atoms with Crippen LogP contribution in [-0.4, -0.2) is 19.9 Å². The van der Waals surface area contributed by atoms with Crippen molar-refractivity contribution in [1.82, 2.24) is 25.2 Å². The standard InChI is InChI=1S/C29H31N5.BrH/c1-3-16-31-26(9-1)20-30-19-23-12-14-24(15-13-23)21-34(22-27-10-2-4-17-32-27)28-11-5-7-25-8-6-18-33-29(25)28;/h1-4,6,8-10,12-18,28,30H,5,7,11,19-22H2;1H. The number of benzene rings is 1. The number of rotatable bonds is 9. The fraction of sp³-hybridized carbons (Fsp3) is 0.276. The maximum Gasteiger partial charge on any atom is 0.0607 e. The minimum absolute atomic E-state index is 0. The van der Waals surface area contributed by atoms with Gasteiger partial charge in [0.25, 0.3) is 0 Å². The lowest BCUT2D eigenvalue weighted by molar-refractivity contribution is 0.155. The Kier molecular flexibility index (Phi) is 9.12. The number of halogens is 1. The average molecular weight is 531 g/mol. The monoisotopic (exact) mass is 529 g/mol. The van der Waals surface area contributed by atoms with E-state index in [1.807, 2.05) is 42.9 Å². The predicted molar refractivity (Wildman–Crippen MR) is 145 cm³/mol. The first kappa shape index (κ1) is 25.2. The van der Waals surface area contributed by atoms with Crippen LogP contribution in [0.1, 0.15) is 52.7 Å². The highest BCUT2D eigenvalue weighted by Crippen LogP contribution is 2.34. The molecule has 0 radical (unpaired) electrons. The summed E-state index contributed by atoms with van der Waals surface area (Å²) >= 11 is 0. The van der Waals surface area contributed by atoms with E-state index in [0.717, 1.165) is 50.4 Å². The third kappa shape index (κ3) is 6.82. The lowest BCUT2D eigenvalue weighted by Crippen LogP contribution is -2.31. The first-order valence-corrected chi connectivity index (χ1v) is 12.1. The van der Waals surface area contributed by atoms with Gasteiger partial charge in [-0.25, -0.2) is 0 Å². The van der Waals surface area contributed by atoms with E-state index < -0.39 is 0 Å². The summed E-state index contributed by atoms with van der Waals surface area (Å²) in [5, 5.41) is 3.48. The molecule has 3 aromatic heterocycles. The molecule has 1 aromatic carbocycles. The van der Waals surface area contributed by atoms with Gasteiger partial charge in [-0.1, -0.05) is 42.5 Å². The Balaban J connectivity index is 0.00000289. The molecule has 1 aliphatic rings. The quantitative estimate of drug-likeness (QED) is 0.296. The second kappa shape index (κ2) is 12.7. The van der Waals surface area contributed by atoms with Gasteiger partial charge in [0.1, 0.15) is 0 Å². The molecule has 4 aromatic rings. The topological polar surface area (TPSA) is 53.9 Å². The van der Waals surface area contributed by atoms with Gasteiger partial charge < -0.3 is 5.32 Å². The second-order valence-electron chi connectivity index (χ2n) is 8.92. The van der Waals surface area contributed by atoms with Gasteiger partial charge in [0.05, 0.1) is 23.1 Å². The summed E-state index contributed by atoms with van der Waals surface area (Å²) in [5.74, 6) is 0. The van der Waals surface area contributed by atoms with E-state index in [1.54, 1.807) is 0 Å². The lowest BCUT2D eigenvalue weighted by Gasteiger charge is -2.35. The van der Waals surface area contributed by atoms with Crippen LogP contribution in [0.5, 0.6) is 0 Å². The average Bonchev–Trinajstić information content (AvgIpc) is 2.90. The summed E-state index contributed by atoms with van der Waals surface area (Å²) in [4.78, 5) is 16.3. The Bertz CT molecular complexity index is 1170. The minimum Gasteiger partial charge on any atom is -0.307 e. The summed E-state index contributed by atoms with van der Waals surface area (Å²) in [6.45, 7) is 3.29. The highest BCUT2D eigenvalue weighted by molar-refractivity contribution is 8.93. The first-order chi connectivity index (χ1) is 16.8. The Morgan fingerprint density at radius 2 is 1.43 bits per heavy atom. The number of nitrogens with zero attached hydrogens (tertiary/aromatic N) is 4. The van der Waals surface area contributed by atoms with Crippen LogP contribution in [0.15, 0.2) is 91.4 Å². The van der Waals surface area contributed by atoms with Gasteiger partial charge in [0, 0.05) is 44.8 Å². The number of hydrogen-bond acceptors (Lipinski definition) is 5. The molecule has 1 aliphatic carbocycles. The molecule has 35 heavy (non-hydrogen) atoms. The smallest absolute Gasteiger partial charge is 0.0607 e. The SMILES string of the molecule is Br.c1ccc(CNCc2ccc(CN(Cc3ccccn3)C3CCCc4cccnc43)cc2)nc1. The number of pyridine rings is 3. The van der Waals surface area contributed by atoms with Crippen molar-refractivity contribution in [2.75, 3.05) is 0 Å². The highest BCUT2D eigenvalue weighted by Gasteiger charge is 2.27. The van der Waals surface area contributed by atoms with Gasteiger partial charge in [-0.05, 0) is 66.3 Å². The number of aryl methyl sites for hydroxylation is 1. The Morgan fingerprint density at radius 3 is 2.17 bits per heavy atom. The van der Waals surface area contributed by atoms with Gasteiger partial charge in [-0.3, -0.25) is 19.9 Å². The molecule has 0 amide bonds. The number of fused-ring (bicyclic) bond motifs is 1. The van der Waals surface area contributed by atoms with Gasteiger partial charge >= 0.3 is 0 Å². The summed E-state index contributed by atoms with van der Waals surface area (Å²) < 4.78 is 0. The predicted octanol–water partition coefficient (Wildman–Crippen LogP) is 5.82. The highest BCUT2D eigenvalue weighted by atomic mass is 79.9. The van der Waals surface area contributed by atoms with Crippen molar-refractivity contribution in [3.8, 4) is 0 Å². The van der Waals surface area contributed by atoms with Crippen molar-refractivity contribution in [3.05, 3.63) is 125 Å². The number of nitrogens with one attached hydrogen (secondary N) is 1.